The minimum atomic E-state index is -3.20. The smallest absolute Gasteiger partial charge is 0.324 e. The van der Waals surface area contributed by atoms with Crippen LogP contribution in [0.15, 0.2) is 85.2 Å². The molecule has 0 radical (unpaired) electrons. The zero-order valence-corrected chi connectivity index (χ0v) is 33.9. The van der Waals surface area contributed by atoms with Gasteiger partial charge in [0.1, 0.15) is 11.6 Å². The quantitative estimate of drug-likeness (QED) is 0.158. The number of alkyl halides is 2. The van der Waals surface area contributed by atoms with E-state index >= 15 is 0 Å². The Labute approximate surface area is 350 Å². The summed E-state index contributed by atoms with van der Waals surface area (Å²) in [4.78, 5) is 80.2. The van der Waals surface area contributed by atoms with Gasteiger partial charge >= 0.3 is 18.5 Å². The van der Waals surface area contributed by atoms with Crippen LogP contribution in [0.2, 0.25) is 0 Å². The van der Waals surface area contributed by atoms with E-state index in [1.54, 1.807) is 40.1 Å². The number of ketones is 2. The van der Waals surface area contributed by atoms with Crippen molar-refractivity contribution in [3.05, 3.63) is 119 Å². The Morgan fingerprint density at radius 3 is 1.44 bits per heavy atom. The molecular formula is C42H48F4N10O5. The lowest BCUT2D eigenvalue weighted by atomic mass is 10.1. The molecule has 2 aliphatic heterocycles. The first kappa shape index (κ1) is 45.8. The van der Waals surface area contributed by atoms with Crippen molar-refractivity contribution in [2.24, 2.45) is 5.73 Å². The third-order valence-electron chi connectivity index (χ3n) is 9.99. The number of urea groups is 2. The number of Topliss-reactive ketones (excluding diaryl/α,β-unsaturated/α-hetero) is 2. The molecule has 2 aromatic heterocycles. The van der Waals surface area contributed by atoms with Gasteiger partial charge in [0.2, 0.25) is 0 Å². The summed E-state index contributed by atoms with van der Waals surface area (Å²) in [5.41, 5.74) is 7.79. The molecular weight excluding hydrogens is 801 g/mol. The predicted molar refractivity (Wildman–Crippen MR) is 219 cm³/mol. The minimum absolute atomic E-state index is 0.0330. The molecule has 0 bridgehead atoms. The van der Waals surface area contributed by atoms with E-state index in [9.17, 15) is 41.5 Å². The van der Waals surface area contributed by atoms with Crippen molar-refractivity contribution in [3.63, 3.8) is 0 Å². The largest absolute Gasteiger partial charge is 0.344 e. The molecule has 2 fully saturated rings. The summed E-state index contributed by atoms with van der Waals surface area (Å²) < 4.78 is 52.1. The van der Waals surface area contributed by atoms with Crippen LogP contribution in [0.1, 0.15) is 32.1 Å². The average Bonchev–Trinajstić information content (AvgIpc) is 3.26. The molecule has 0 spiro atoms. The van der Waals surface area contributed by atoms with Gasteiger partial charge in [-0.05, 0) is 74.8 Å². The standard InChI is InChI=1S/C22H24F3N5O3.C20H24FN5O2/c1-28-7-9-29(10-8-28)22(33)30(18-4-2-3-16(23)11-18)14-17-6-5-15(12-26-17)19(31)13-27-21(32)20(24)25;1-24-7-9-25(10-8-24)20(28)26(18-4-2-3-16(21)11-18)14-17-6-5-15(13-23-17)19(27)12-22/h2-6,11-12,20H,7-10,13-14H2,1H3,(H,27,32);2-6,11,13H,7-10,12,14,22H2,1H3. The fourth-order valence-electron chi connectivity index (χ4n) is 6.32. The summed E-state index contributed by atoms with van der Waals surface area (Å²) in [6.07, 6.45) is -0.504. The maximum absolute atomic E-state index is 13.9. The highest BCUT2D eigenvalue weighted by Gasteiger charge is 2.28. The zero-order chi connectivity index (χ0) is 44.1. The van der Waals surface area contributed by atoms with Gasteiger partial charge in [0.15, 0.2) is 11.6 Å². The Hall–Kier alpha value is -6.31. The molecule has 6 rings (SSSR count). The number of carbonyl (C=O) groups is 5. The number of likely N-dealkylation sites (N-methyl/N-ethyl adjacent to an activating group) is 2. The van der Waals surface area contributed by atoms with E-state index in [1.165, 1.54) is 64.7 Å². The zero-order valence-electron chi connectivity index (χ0n) is 33.9. The van der Waals surface area contributed by atoms with E-state index < -0.39 is 36.3 Å². The van der Waals surface area contributed by atoms with E-state index in [-0.39, 0.29) is 43.0 Å². The van der Waals surface area contributed by atoms with Crippen LogP contribution in [0, 0.1) is 11.6 Å². The van der Waals surface area contributed by atoms with Crippen molar-refractivity contribution in [3.8, 4) is 0 Å². The number of nitrogens with two attached hydrogens (primary N) is 1. The molecule has 0 atom stereocenters. The lowest BCUT2D eigenvalue weighted by Crippen LogP contribution is -2.52. The van der Waals surface area contributed by atoms with Gasteiger partial charge in [-0.1, -0.05) is 12.1 Å². The molecule has 0 saturated carbocycles. The molecule has 2 saturated heterocycles. The number of carbonyl (C=O) groups excluding carboxylic acids is 5. The first-order valence-corrected chi connectivity index (χ1v) is 19.5. The molecule has 2 aliphatic rings. The van der Waals surface area contributed by atoms with Crippen LogP contribution in [0.5, 0.6) is 0 Å². The van der Waals surface area contributed by atoms with Crippen LogP contribution in [-0.2, 0) is 17.9 Å². The number of halogens is 4. The average molecular weight is 849 g/mol. The highest BCUT2D eigenvalue weighted by Crippen LogP contribution is 2.23. The van der Waals surface area contributed by atoms with Crippen molar-refractivity contribution in [1.29, 1.82) is 0 Å². The molecule has 0 aliphatic carbocycles. The van der Waals surface area contributed by atoms with Crippen molar-refractivity contribution < 1.29 is 41.5 Å². The van der Waals surface area contributed by atoms with Gasteiger partial charge in [-0.25, -0.2) is 18.4 Å². The third-order valence-corrected chi connectivity index (χ3v) is 9.99. The number of hydrogen-bond donors (Lipinski definition) is 2. The topological polar surface area (TPSA) is 169 Å². The first-order valence-electron chi connectivity index (χ1n) is 19.5. The van der Waals surface area contributed by atoms with Crippen molar-refractivity contribution in [1.82, 2.24) is 34.9 Å². The van der Waals surface area contributed by atoms with Gasteiger partial charge in [-0.15, -0.1) is 0 Å². The highest BCUT2D eigenvalue weighted by atomic mass is 19.3. The number of nitrogens with zero attached hydrogens (tertiary/aromatic N) is 8. The lowest BCUT2D eigenvalue weighted by molar-refractivity contribution is -0.131. The number of benzene rings is 2. The fourth-order valence-corrected chi connectivity index (χ4v) is 6.32. The number of aromatic nitrogens is 2. The number of nitrogens with one attached hydrogen (secondary N) is 1. The van der Waals surface area contributed by atoms with Crippen LogP contribution < -0.4 is 20.9 Å². The molecule has 4 aromatic rings. The van der Waals surface area contributed by atoms with Gasteiger partial charge in [0.05, 0.1) is 37.6 Å². The first-order chi connectivity index (χ1) is 29.2. The molecule has 15 nitrogen and oxygen atoms in total. The summed E-state index contributed by atoms with van der Waals surface area (Å²) in [7, 11) is 3.98. The molecule has 19 heteroatoms. The summed E-state index contributed by atoms with van der Waals surface area (Å²) in [6.45, 7) is 4.85. The van der Waals surface area contributed by atoms with Gasteiger partial charge in [0.25, 0.3) is 5.91 Å². The van der Waals surface area contributed by atoms with Crippen LogP contribution in [0.3, 0.4) is 0 Å². The lowest BCUT2D eigenvalue weighted by Gasteiger charge is -2.36. The second-order valence-corrected chi connectivity index (χ2v) is 14.4. The van der Waals surface area contributed by atoms with Crippen LogP contribution >= 0.6 is 0 Å². The normalized spacial score (nSPS) is 14.5. The maximum atomic E-state index is 13.9. The maximum Gasteiger partial charge on any atom is 0.324 e. The van der Waals surface area contributed by atoms with Crippen molar-refractivity contribution in [2.45, 2.75) is 19.5 Å². The summed E-state index contributed by atoms with van der Waals surface area (Å²) >= 11 is 0. The monoisotopic (exact) mass is 848 g/mol. The van der Waals surface area contributed by atoms with E-state index in [0.717, 1.165) is 26.2 Å². The van der Waals surface area contributed by atoms with Gasteiger partial charge in [-0.2, -0.15) is 8.78 Å². The number of piperazine rings is 2. The molecule has 3 N–H and O–H groups in total. The summed E-state index contributed by atoms with van der Waals surface area (Å²) in [5.74, 6) is -3.21. The van der Waals surface area contributed by atoms with Gasteiger partial charge in [0, 0.05) is 87.3 Å². The molecule has 5 amide bonds. The Balaban J connectivity index is 0.000000234. The molecule has 2 aromatic carbocycles. The number of anilines is 2. The Morgan fingerprint density at radius 2 is 1.08 bits per heavy atom. The second kappa shape index (κ2) is 21.8. The molecule has 0 unspecified atom stereocenters. The van der Waals surface area contributed by atoms with Crippen molar-refractivity contribution >= 4 is 40.9 Å². The number of pyridine rings is 2. The van der Waals surface area contributed by atoms with Crippen LogP contribution in [0.4, 0.5) is 38.5 Å². The van der Waals surface area contributed by atoms with Gasteiger partial charge in [-0.3, -0.25) is 34.2 Å². The number of hydrogen-bond acceptors (Lipinski definition) is 10. The van der Waals surface area contributed by atoms with Gasteiger partial charge < -0.3 is 30.7 Å². The molecule has 324 valence electrons. The van der Waals surface area contributed by atoms with E-state index in [2.05, 4.69) is 19.8 Å². The van der Waals surface area contributed by atoms with E-state index in [1.807, 2.05) is 19.4 Å². The van der Waals surface area contributed by atoms with Crippen molar-refractivity contribution in [2.75, 3.05) is 89.3 Å². The second-order valence-electron chi connectivity index (χ2n) is 14.4. The van der Waals surface area contributed by atoms with Crippen LogP contribution in [0.25, 0.3) is 0 Å². The summed E-state index contributed by atoms with van der Waals surface area (Å²) in [5, 5.41) is 1.84. The van der Waals surface area contributed by atoms with Crippen LogP contribution in [-0.4, -0.2) is 145 Å². The SMILES string of the molecule is CN1CCN(C(=O)N(Cc2ccc(C(=O)CN)cn2)c2cccc(F)c2)CC1.CN1CCN(C(=O)N(Cc2ccc(C(=O)CNC(=O)C(F)F)cn2)c2cccc(F)c2)CC1. The molecule has 61 heavy (non-hydrogen) atoms. The third kappa shape index (κ3) is 13.1. The Kier molecular flexibility index (Phi) is 16.4. The number of amides is 5. The highest BCUT2D eigenvalue weighted by molar-refractivity contribution is 5.99. The van der Waals surface area contributed by atoms with E-state index in [4.69, 9.17) is 5.73 Å². The predicted octanol–water partition coefficient (Wildman–Crippen LogP) is 3.89. The minimum Gasteiger partial charge on any atom is -0.344 e. The molecule has 4 heterocycles. The Morgan fingerprint density at radius 1 is 0.656 bits per heavy atom. The van der Waals surface area contributed by atoms with E-state index in [0.29, 0.717) is 54.5 Å². The Bertz CT molecular complexity index is 2130. The number of rotatable bonds is 12. The fraction of sp³-hybridized carbons (Fsp3) is 0.357. The summed E-state index contributed by atoms with van der Waals surface area (Å²) in [6, 6.07) is 17.4.